The predicted molar refractivity (Wildman–Crippen MR) is 102 cm³/mol. The fourth-order valence-electron chi connectivity index (χ4n) is 2.78. The van der Waals surface area contributed by atoms with Crippen molar-refractivity contribution in [2.24, 2.45) is 0 Å². The Morgan fingerprint density at radius 2 is 1.78 bits per heavy atom. The molecule has 0 spiro atoms. The minimum atomic E-state index is -0.483. The predicted octanol–water partition coefficient (Wildman–Crippen LogP) is 4.06. The second kappa shape index (κ2) is 6.72. The molecule has 132 valence electrons. The zero-order chi connectivity index (χ0) is 18.8. The van der Waals surface area contributed by atoms with Gasteiger partial charge >= 0.3 is 0 Å². The van der Waals surface area contributed by atoms with E-state index in [9.17, 15) is 14.9 Å². The summed E-state index contributed by atoms with van der Waals surface area (Å²) in [6.45, 7) is 0. The van der Waals surface area contributed by atoms with Gasteiger partial charge in [-0.05, 0) is 48.6 Å². The van der Waals surface area contributed by atoms with Crippen molar-refractivity contribution in [2.75, 3.05) is 0 Å². The Balaban J connectivity index is 1.93. The van der Waals surface area contributed by atoms with Gasteiger partial charge in [0.25, 0.3) is 11.2 Å². The lowest BCUT2D eigenvalue weighted by Gasteiger charge is -2.11. The van der Waals surface area contributed by atoms with Crippen molar-refractivity contribution in [3.05, 3.63) is 99.0 Å². The zero-order valence-electron chi connectivity index (χ0n) is 14.0. The lowest BCUT2D eigenvalue weighted by Crippen LogP contribution is -2.22. The monoisotopic (exact) mass is 359 g/mol. The molecule has 27 heavy (non-hydrogen) atoms. The van der Waals surface area contributed by atoms with E-state index >= 15 is 0 Å². The van der Waals surface area contributed by atoms with Gasteiger partial charge in [0.2, 0.25) is 0 Å². The van der Waals surface area contributed by atoms with E-state index in [0.717, 1.165) is 0 Å². The number of furan rings is 1. The van der Waals surface area contributed by atoms with Crippen LogP contribution in [0.3, 0.4) is 0 Å². The zero-order valence-corrected chi connectivity index (χ0v) is 14.0. The van der Waals surface area contributed by atoms with Gasteiger partial charge in [-0.25, -0.2) is 4.98 Å². The van der Waals surface area contributed by atoms with E-state index in [-0.39, 0.29) is 11.2 Å². The summed E-state index contributed by atoms with van der Waals surface area (Å²) in [5.41, 5.74) is 0.754. The molecule has 0 saturated carbocycles. The third kappa shape index (κ3) is 3.13. The maximum Gasteiger partial charge on any atom is 0.269 e. The smallest absolute Gasteiger partial charge is 0.269 e. The third-order valence-corrected chi connectivity index (χ3v) is 4.06. The number of fused-ring (bicyclic) bond motifs is 1. The molecular weight excluding hydrogens is 346 g/mol. The number of hydrogen-bond acceptors (Lipinski definition) is 5. The summed E-state index contributed by atoms with van der Waals surface area (Å²) in [5.74, 6) is 1.01. The van der Waals surface area contributed by atoms with Crippen molar-refractivity contribution in [3.8, 4) is 5.69 Å². The van der Waals surface area contributed by atoms with E-state index < -0.39 is 4.92 Å². The summed E-state index contributed by atoms with van der Waals surface area (Å²) < 4.78 is 6.71. The number of benzene rings is 2. The first kappa shape index (κ1) is 16.5. The Hall–Kier alpha value is -4.00. The molecule has 0 aliphatic carbocycles. The second-order valence-electron chi connectivity index (χ2n) is 5.75. The van der Waals surface area contributed by atoms with Crippen LogP contribution in [0, 0.1) is 10.1 Å². The van der Waals surface area contributed by atoms with Gasteiger partial charge in [-0.2, -0.15) is 0 Å². The molecule has 0 radical (unpaired) electrons. The average molecular weight is 359 g/mol. The van der Waals surface area contributed by atoms with Gasteiger partial charge in [0.15, 0.2) is 0 Å². The Morgan fingerprint density at radius 3 is 2.48 bits per heavy atom. The molecule has 4 aromatic rings. The maximum absolute atomic E-state index is 13.1. The van der Waals surface area contributed by atoms with Gasteiger partial charge in [-0.3, -0.25) is 19.5 Å². The van der Waals surface area contributed by atoms with Crippen molar-refractivity contribution in [2.45, 2.75) is 0 Å². The van der Waals surface area contributed by atoms with E-state index in [1.54, 1.807) is 48.7 Å². The van der Waals surface area contributed by atoms with Gasteiger partial charge < -0.3 is 4.42 Å². The van der Waals surface area contributed by atoms with E-state index in [1.807, 2.05) is 6.07 Å². The van der Waals surface area contributed by atoms with Crippen molar-refractivity contribution in [1.82, 2.24) is 9.55 Å². The largest absolute Gasteiger partial charge is 0.465 e. The summed E-state index contributed by atoms with van der Waals surface area (Å²) in [6.07, 6.45) is 4.93. The number of hydrogen-bond donors (Lipinski definition) is 0. The maximum atomic E-state index is 13.1. The van der Waals surface area contributed by atoms with Gasteiger partial charge in [0, 0.05) is 12.1 Å². The highest BCUT2D eigenvalue weighted by molar-refractivity contribution is 5.79. The molecule has 0 aliphatic heterocycles. The second-order valence-corrected chi connectivity index (χ2v) is 5.75. The summed E-state index contributed by atoms with van der Waals surface area (Å²) in [4.78, 5) is 28.0. The molecule has 0 unspecified atom stereocenters. The van der Waals surface area contributed by atoms with Crippen LogP contribution < -0.4 is 5.56 Å². The fourth-order valence-corrected chi connectivity index (χ4v) is 2.78. The number of nitro benzene ring substituents is 1. The highest BCUT2D eigenvalue weighted by Crippen LogP contribution is 2.18. The molecule has 4 rings (SSSR count). The molecule has 0 amide bonds. The van der Waals surface area contributed by atoms with Crippen molar-refractivity contribution in [1.29, 1.82) is 0 Å². The Labute approximate surface area is 153 Å². The Kier molecular flexibility index (Phi) is 4.10. The molecule has 0 saturated heterocycles. The molecule has 0 atom stereocenters. The summed E-state index contributed by atoms with van der Waals surface area (Å²) >= 11 is 0. The normalized spacial score (nSPS) is 11.3. The minimum Gasteiger partial charge on any atom is -0.465 e. The van der Waals surface area contributed by atoms with E-state index in [0.29, 0.717) is 28.2 Å². The molecule has 0 N–H and O–H groups in total. The first-order chi connectivity index (χ1) is 13.1. The van der Waals surface area contributed by atoms with Crippen LogP contribution in [0.25, 0.3) is 28.7 Å². The SMILES string of the molecule is O=c1c2ccccc2nc(C=Cc2ccco2)n1-c1ccc([N+](=O)[O-])cc1. The van der Waals surface area contributed by atoms with Gasteiger partial charge in [-0.15, -0.1) is 0 Å². The quantitative estimate of drug-likeness (QED) is 0.405. The van der Waals surface area contributed by atoms with E-state index in [4.69, 9.17) is 4.42 Å². The van der Waals surface area contributed by atoms with E-state index in [2.05, 4.69) is 4.98 Å². The van der Waals surface area contributed by atoms with Crippen LogP contribution in [0.1, 0.15) is 11.6 Å². The molecule has 7 heteroatoms. The third-order valence-electron chi connectivity index (χ3n) is 4.06. The van der Waals surface area contributed by atoms with Gasteiger partial charge in [0.05, 0.1) is 27.8 Å². The number of nitro groups is 1. The van der Waals surface area contributed by atoms with Crippen LogP contribution in [-0.4, -0.2) is 14.5 Å². The standard InChI is InChI=1S/C20H13N3O4/c24-20-17-5-1-2-6-18(17)21-19(12-11-16-4-3-13-27-16)22(20)14-7-9-15(10-8-14)23(25)26/h1-13H. The summed E-state index contributed by atoms with van der Waals surface area (Å²) in [6, 6.07) is 16.4. The first-order valence-electron chi connectivity index (χ1n) is 8.12. The van der Waals surface area contributed by atoms with Crippen LogP contribution in [0.5, 0.6) is 0 Å². The summed E-state index contributed by atoms with van der Waals surface area (Å²) in [5, 5.41) is 11.4. The number of non-ortho nitro benzene ring substituents is 1. The Bertz CT molecular complexity index is 1210. The number of nitrogens with zero attached hydrogens (tertiary/aromatic N) is 3. The minimum absolute atomic E-state index is 0.0479. The van der Waals surface area contributed by atoms with Gasteiger partial charge in [-0.1, -0.05) is 12.1 Å². The van der Waals surface area contributed by atoms with Crippen molar-refractivity contribution < 1.29 is 9.34 Å². The first-order valence-corrected chi connectivity index (χ1v) is 8.12. The molecule has 0 aliphatic rings. The number of rotatable bonds is 4. The van der Waals surface area contributed by atoms with Crippen LogP contribution >= 0.6 is 0 Å². The highest BCUT2D eigenvalue weighted by atomic mass is 16.6. The number of para-hydroxylation sites is 1. The fraction of sp³-hybridized carbons (Fsp3) is 0. The molecule has 0 fully saturated rings. The van der Waals surface area contributed by atoms with Crippen molar-refractivity contribution in [3.63, 3.8) is 0 Å². The molecule has 7 nitrogen and oxygen atoms in total. The van der Waals surface area contributed by atoms with Gasteiger partial charge in [0.1, 0.15) is 11.6 Å². The molecule has 2 heterocycles. The molecule has 0 bridgehead atoms. The summed E-state index contributed by atoms with van der Waals surface area (Å²) in [7, 11) is 0. The highest BCUT2D eigenvalue weighted by Gasteiger charge is 2.12. The van der Waals surface area contributed by atoms with Crippen LogP contribution in [-0.2, 0) is 0 Å². The lowest BCUT2D eigenvalue weighted by atomic mass is 10.2. The van der Waals surface area contributed by atoms with Crippen LogP contribution in [0.4, 0.5) is 5.69 Å². The van der Waals surface area contributed by atoms with Crippen molar-refractivity contribution >= 4 is 28.7 Å². The topological polar surface area (TPSA) is 91.2 Å². The number of aromatic nitrogens is 2. The van der Waals surface area contributed by atoms with Crippen LogP contribution in [0.15, 0.2) is 76.1 Å². The molecule has 2 aromatic carbocycles. The lowest BCUT2D eigenvalue weighted by molar-refractivity contribution is -0.384. The molecule has 2 aromatic heterocycles. The average Bonchev–Trinajstić information content (AvgIpc) is 3.20. The molecular formula is C20H13N3O4. The van der Waals surface area contributed by atoms with E-state index in [1.165, 1.54) is 28.8 Å². The van der Waals surface area contributed by atoms with Crippen LogP contribution in [0.2, 0.25) is 0 Å². The Morgan fingerprint density at radius 1 is 1.00 bits per heavy atom.